The van der Waals surface area contributed by atoms with Crippen molar-refractivity contribution in [3.63, 3.8) is 0 Å². The zero-order valence-electron chi connectivity index (χ0n) is 18.7. The number of aromatic nitrogens is 1. The van der Waals surface area contributed by atoms with Crippen LogP contribution in [0.25, 0.3) is 10.9 Å². The molecule has 4 rings (SSSR count). The monoisotopic (exact) mass is 452 g/mol. The molecule has 1 unspecified atom stereocenters. The number of hydrogen-bond donors (Lipinski definition) is 2. The summed E-state index contributed by atoms with van der Waals surface area (Å²) >= 11 is 0. The number of aromatic amines is 1. The van der Waals surface area contributed by atoms with E-state index in [1.54, 1.807) is 37.3 Å². The van der Waals surface area contributed by atoms with Crippen LogP contribution in [0.3, 0.4) is 0 Å². The number of carbonyl (C=O) groups is 1. The van der Waals surface area contributed by atoms with Gasteiger partial charge in [0.2, 0.25) is 11.6 Å². The van der Waals surface area contributed by atoms with E-state index in [2.05, 4.69) is 4.98 Å². The van der Waals surface area contributed by atoms with Crippen LogP contribution in [0.2, 0.25) is 0 Å². The molecule has 0 saturated heterocycles. The maximum absolute atomic E-state index is 13.3. The normalized spacial score (nSPS) is 15.0. The second-order valence-corrected chi connectivity index (χ2v) is 7.20. The summed E-state index contributed by atoms with van der Waals surface area (Å²) in [6.45, 7) is 1.80. The Morgan fingerprint density at radius 2 is 1.79 bits per heavy atom. The Kier molecular flexibility index (Phi) is 5.87. The van der Waals surface area contributed by atoms with Gasteiger partial charge in [0.15, 0.2) is 11.5 Å². The van der Waals surface area contributed by atoms with Gasteiger partial charge in [-0.3, -0.25) is 4.79 Å². The third kappa shape index (κ3) is 3.51. The third-order valence-corrected chi connectivity index (χ3v) is 5.50. The molecule has 172 valence electrons. The van der Waals surface area contributed by atoms with E-state index in [0.29, 0.717) is 28.0 Å². The first-order valence-corrected chi connectivity index (χ1v) is 10.2. The molecule has 2 heterocycles. The number of rotatable bonds is 6. The first kappa shape index (κ1) is 22.1. The van der Waals surface area contributed by atoms with E-state index in [1.165, 1.54) is 21.3 Å². The number of pyridine rings is 1. The molecule has 0 bridgehead atoms. The topological polar surface area (TPSA) is 122 Å². The van der Waals surface area contributed by atoms with Crippen molar-refractivity contribution < 1.29 is 28.5 Å². The SMILES string of the molecule is CCOC(=O)C1=C(N)Oc2c(c(=O)[nH]c3ccccc23)C1c1ccc(OC)c(OC)c1OC. The van der Waals surface area contributed by atoms with Crippen LogP contribution in [-0.2, 0) is 9.53 Å². The van der Waals surface area contributed by atoms with Gasteiger partial charge in [-0.05, 0) is 25.1 Å². The maximum Gasteiger partial charge on any atom is 0.340 e. The predicted molar refractivity (Wildman–Crippen MR) is 121 cm³/mol. The first-order chi connectivity index (χ1) is 16.0. The number of para-hydroxylation sites is 1. The lowest BCUT2D eigenvalue weighted by Gasteiger charge is -2.29. The molecule has 9 nitrogen and oxygen atoms in total. The molecule has 0 spiro atoms. The molecule has 0 saturated carbocycles. The number of benzene rings is 2. The second-order valence-electron chi connectivity index (χ2n) is 7.20. The average molecular weight is 452 g/mol. The minimum absolute atomic E-state index is 0.00403. The van der Waals surface area contributed by atoms with Gasteiger partial charge in [0.1, 0.15) is 11.3 Å². The quantitative estimate of drug-likeness (QED) is 0.548. The van der Waals surface area contributed by atoms with Crippen LogP contribution >= 0.6 is 0 Å². The van der Waals surface area contributed by atoms with Gasteiger partial charge >= 0.3 is 5.97 Å². The number of hydrogen-bond acceptors (Lipinski definition) is 8. The Morgan fingerprint density at radius 3 is 2.45 bits per heavy atom. The van der Waals surface area contributed by atoms with Crippen LogP contribution in [-0.4, -0.2) is 38.9 Å². The van der Waals surface area contributed by atoms with Crippen LogP contribution in [0.4, 0.5) is 0 Å². The summed E-state index contributed by atoms with van der Waals surface area (Å²) in [5, 5.41) is 0.641. The van der Waals surface area contributed by atoms with Crippen molar-refractivity contribution in [2.75, 3.05) is 27.9 Å². The summed E-state index contributed by atoms with van der Waals surface area (Å²) < 4.78 is 27.7. The Hall–Kier alpha value is -4.14. The molecular formula is C24H24N2O7. The van der Waals surface area contributed by atoms with Gasteiger partial charge in [0, 0.05) is 10.9 Å². The Labute approximate surface area is 189 Å². The minimum Gasteiger partial charge on any atom is -0.493 e. The van der Waals surface area contributed by atoms with Crippen LogP contribution < -0.4 is 30.2 Å². The molecule has 1 aliphatic rings. The number of H-pyrrole nitrogens is 1. The van der Waals surface area contributed by atoms with Crippen LogP contribution in [0.5, 0.6) is 23.0 Å². The molecule has 0 amide bonds. The van der Waals surface area contributed by atoms with Gasteiger partial charge in [-0.25, -0.2) is 4.79 Å². The third-order valence-electron chi connectivity index (χ3n) is 5.50. The van der Waals surface area contributed by atoms with Crippen molar-refractivity contribution in [1.29, 1.82) is 0 Å². The Balaban J connectivity index is 2.10. The van der Waals surface area contributed by atoms with Gasteiger partial charge < -0.3 is 34.4 Å². The number of nitrogens with two attached hydrogens (primary N) is 1. The fourth-order valence-electron chi connectivity index (χ4n) is 4.14. The lowest BCUT2D eigenvalue weighted by Crippen LogP contribution is -2.32. The summed E-state index contributed by atoms with van der Waals surface area (Å²) in [5.74, 6) is -0.514. The van der Waals surface area contributed by atoms with Crippen molar-refractivity contribution in [2.24, 2.45) is 5.73 Å². The van der Waals surface area contributed by atoms with Crippen molar-refractivity contribution in [1.82, 2.24) is 4.98 Å². The largest absolute Gasteiger partial charge is 0.493 e. The Morgan fingerprint density at radius 1 is 1.06 bits per heavy atom. The van der Waals surface area contributed by atoms with Crippen LogP contribution in [0, 0.1) is 0 Å². The smallest absolute Gasteiger partial charge is 0.340 e. The van der Waals surface area contributed by atoms with Gasteiger partial charge in [-0.2, -0.15) is 0 Å². The van der Waals surface area contributed by atoms with Gasteiger partial charge in [-0.15, -0.1) is 0 Å². The molecule has 1 aromatic heterocycles. The average Bonchev–Trinajstić information content (AvgIpc) is 2.82. The predicted octanol–water partition coefficient (Wildman–Crippen LogP) is 2.81. The molecule has 0 radical (unpaired) electrons. The Bertz CT molecular complexity index is 1330. The number of fused-ring (bicyclic) bond motifs is 3. The summed E-state index contributed by atoms with van der Waals surface area (Å²) in [7, 11) is 4.43. The fourth-order valence-corrected chi connectivity index (χ4v) is 4.14. The van der Waals surface area contributed by atoms with E-state index < -0.39 is 17.4 Å². The van der Waals surface area contributed by atoms with E-state index in [1.807, 2.05) is 6.07 Å². The molecule has 9 heteroatoms. The molecule has 3 aromatic rings. The molecule has 3 N–H and O–H groups in total. The molecule has 1 aliphatic heterocycles. The summed E-state index contributed by atoms with van der Waals surface area (Å²) in [6.07, 6.45) is 0. The number of methoxy groups -OCH3 is 3. The minimum atomic E-state index is -0.948. The van der Waals surface area contributed by atoms with Crippen molar-refractivity contribution in [3.05, 3.63) is 69.3 Å². The molecule has 1 atom stereocenters. The van der Waals surface area contributed by atoms with E-state index in [0.717, 1.165) is 0 Å². The van der Waals surface area contributed by atoms with Gasteiger partial charge in [0.25, 0.3) is 5.56 Å². The zero-order valence-corrected chi connectivity index (χ0v) is 18.7. The highest BCUT2D eigenvalue weighted by atomic mass is 16.5. The lowest BCUT2D eigenvalue weighted by molar-refractivity contribution is -0.139. The number of carbonyl (C=O) groups excluding carboxylic acids is 1. The zero-order chi connectivity index (χ0) is 23.7. The summed E-state index contributed by atoms with van der Waals surface area (Å²) in [4.78, 5) is 29.2. The molecular weight excluding hydrogens is 428 g/mol. The first-order valence-electron chi connectivity index (χ1n) is 10.2. The van der Waals surface area contributed by atoms with Crippen molar-refractivity contribution in [2.45, 2.75) is 12.8 Å². The van der Waals surface area contributed by atoms with Gasteiger partial charge in [0.05, 0.1) is 44.9 Å². The molecule has 2 aromatic carbocycles. The van der Waals surface area contributed by atoms with Crippen LogP contribution in [0.1, 0.15) is 24.0 Å². The summed E-state index contributed by atoms with van der Waals surface area (Å²) in [6, 6.07) is 10.5. The fraction of sp³-hybridized carbons (Fsp3) is 0.250. The van der Waals surface area contributed by atoms with E-state index in [9.17, 15) is 9.59 Å². The van der Waals surface area contributed by atoms with Crippen LogP contribution in [0.15, 0.2) is 52.6 Å². The van der Waals surface area contributed by atoms with Crippen molar-refractivity contribution in [3.8, 4) is 23.0 Å². The standard InChI is InChI=1S/C24H24N2O7/c1-5-32-24(28)18-16(13-10-11-15(29-2)21(31-4)20(13)30-3)17-19(33-22(18)25)12-8-6-7-9-14(12)26-23(17)27/h6-11,16H,5,25H2,1-4H3,(H,26,27). The highest BCUT2D eigenvalue weighted by Gasteiger charge is 2.40. The highest BCUT2D eigenvalue weighted by molar-refractivity contribution is 5.95. The molecule has 0 aliphatic carbocycles. The van der Waals surface area contributed by atoms with Crippen molar-refractivity contribution >= 4 is 16.9 Å². The molecule has 33 heavy (non-hydrogen) atoms. The number of esters is 1. The second kappa shape index (κ2) is 8.78. The van der Waals surface area contributed by atoms with E-state index in [4.69, 9.17) is 29.4 Å². The summed E-state index contributed by atoms with van der Waals surface area (Å²) in [5.41, 5.74) is 7.07. The van der Waals surface area contributed by atoms with E-state index >= 15 is 0 Å². The van der Waals surface area contributed by atoms with Gasteiger partial charge in [-0.1, -0.05) is 18.2 Å². The molecule has 0 fully saturated rings. The lowest BCUT2D eigenvalue weighted by atomic mass is 9.82. The van der Waals surface area contributed by atoms with E-state index in [-0.39, 0.29) is 35.1 Å². The number of ether oxygens (including phenoxy) is 5. The number of nitrogens with one attached hydrogen (secondary N) is 1. The maximum atomic E-state index is 13.3. The highest BCUT2D eigenvalue weighted by Crippen LogP contribution is 2.50.